The molecule has 1 aromatic carbocycles. The Balaban J connectivity index is 2.21. The molecule has 0 amide bonds. The van der Waals surface area contributed by atoms with Crippen LogP contribution in [0.4, 0.5) is 4.39 Å². The fraction of sp³-hybridized carbons (Fsp3) is 0.462. The second-order valence-electron chi connectivity index (χ2n) is 4.84. The molecular weight excluding hydrogens is 257 g/mol. The van der Waals surface area contributed by atoms with Gasteiger partial charge < -0.3 is 5.11 Å². The molecule has 0 bridgehead atoms. The molecule has 1 aromatic rings. The minimum atomic E-state index is -0.849. The standard InChI is InChI=1S/C13H15ClFNO2/c1-13(12(17)18)5-2-6-16(13)8-9-3-4-10(15)7-11(9)14/h3-4,7H,2,5-6,8H2,1H3,(H,17,18). The number of hydrogen-bond donors (Lipinski definition) is 1. The minimum Gasteiger partial charge on any atom is -0.480 e. The summed E-state index contributed by atoms with van der Waals surface area (Å²) in [5, 5.41) is 9.64. The summed E-state index contributed by atoms with van der Waals surface area (Å²) < 4.78 is 12.9. The molecule has 0 spiro atoms. The van der Waals surface area contributed by atoms with Gasteiger partial charge in [-0.1, -0.05) is 17.7 Å². The van der Waals surface area contributed by atoms with Crippen molar-refractivity contribution in [3.05, 3.63) is 34.6 Å². The van der Waals surface area contributed by atoms with Crippen LogP contribution >= 0.6 is 11.6 Å². The Bertz CT molecular complexity index is 480. The van der Waals surface area contributed by atoms with Gasteiger partial charge in [0.05, 0.1) is 0 Å². The molecule has 1 aliphatic heterocycles. The Morgan fingerprint density at radius 3 is 2.94 bits per heavy atom. The molecule has 1 heterocycles. The van der Waals surface area contributed by atoms with E-state index in [1.807, 2.05) is 4.90 Å². The van der Waals surface area contributed by atoms with Crippen LogP contribution in [0.25, 0.3) is 0 Å². The van der Waals surface area contributed by atoms with Crippen molar-refractivity contribution in [3.8, 4) is 0 Å². The highest BCUT2D eigenvalue weighted by atomic mass is 35.5. The Morgan fingerprint density at radius 2 is 2.33 bits per heavy atom. The lowest BCUT2D eigenvalue weighted by Crippen LogP contribution is -2.47. The molecule has 0 saturated carbocycles. The van der Waals surface area contributed by atoms with Crippen molar-refractivity contribution in [1.82, 2.24) is 4.90 Å². The summed E-state index contributed by atoms with van der Waals surface area (Å²) in [5.41, 5.74) is -0.0926. The predicted molar refractivity (Wildman–Crippen MR) is 67.1 cm³/mol. The van der Waals surface area contributed by atoms with E-state index in [2.05, 4.69) is 0 Å². The van der Waals surface area contributed by atoms with E-state index in [0.29, 0.717) is 18.0 Å². The first-order valence-corrected chi connectivity index (χ1v) is 6.23. The number of nitrogens with zero attached hydrogens (tertiary/aromatic N) is 1. The highest BCUT2D eigenvalue weighted by Crippen LogP contribution is 2.32. The van der Waals surface area contributed by atoms with Gasteiger partial charge >= 0.3 is 5.97 Å². The fourth-order valence-corrected chi connectivity index (χ4v) is 2.60. The van der Waals surface area contributed by atoms with Gasteiger partial charge in [0.2, 0.25) is 0 Å². The number of aliphatic carboxylic acids is 1. The molecule has 1 aliphatic rings. The van der Waals surface area contributed by atoms with Crippen LogP contribution in [-0.4, -0.2) is 28.1 Å². The van der Waals surface area contributed by atoms with E-state index in [0.717, 1.165) is 18.5 Å². The zero-order chi connectivity index (χ0) is 13.3. The fourth-order valence-electron chi connectivity index (χ4n) is 2.37. The number of halogens is 2. The number of benzene rings is 1. The lowest BCUT2D eigenvalue weighted by atomic mass is 9.99. The van der Waals surface area contributed by atoms with Crippen LogP contribution in [-0.2, 0) is 11.3 Å². The number of hydrogen-bond acceptors (Lipinski definition) is 2. The van der Waals surface area contributed by atoms with Gasteiger partial charge in [-0.3, -0.25) is 9.69 Å². The number of likely N-dealkylation sites (tertiary alicyclic amines) is 1. The van der Waals surface area contributed by atoms with Gasteiger partial charge in [-0.25, -0.2) is 4.39 Å². The van der Waals surface area contributed by atoms with E-state index >= 15 is 0 Å². The molecule has 3 nitrogen and oxygen atoms in total. The summed E-state index contributed by atoms with van der Waals surface area (Å²) in [6.07, 6.45) is 1.47. The van der Waals surface area contributed by atoms with Crippen LogP contribution in [0.3, 0.4) is 0 Å². The van der Waals surface area contributed by atoms with Crippen molar-refractivity contribution in [3.63, 3.8) is 0 Å². The van der Waals surface area contributed by atoms with Gasteiger partial charge in [-0.05, 0) is 44.0 Å². The average Bonchev–Trinajstić information content (AvgIpc) is 2.66. The van der Waals surface area contributed by atoms with Crippen LogP contribution in [0, 0.1) is 5.82 Å². The van der Waals surface area contributed by atoms with Crippen molar-refractivity contribution >= 4 is 17.6 Å². The average molecular weight is 272 g/mol. The van der Waals surface area contributed by atoms with Crippen molar-refractivity contribution in [1.29, 1.82) is 0 Å². The molecule has 18 heavy (non-hydrogen) atoms. The largest absolute Gasteiger partial charge is 0.480 e. The van der Waals surface area contributed by atoms with Crippen LogP contribution < -0.4 is 0 Å². The van der Waals surface area contributed by atoms with Crippen molar-refractivity contribution in [2.75, 3.05) is 6.54 Å². The quantitative estimate of drug-likeness (QED) is 0.919. The number of carbonyl (C=O) groups is 1. The molecule has 0 radical (unpaired) electrons. The highest BCUT2D eigenvalue weighted by molar-refractivity contribution is 6.31. The third-order valence-corrected chi connectivity index (χ3v) is 3.98. The van der Waals surface area contributed by atoms with Crippen molar-refractivity contribution in [2.24, 2.45) is 0 Å². The van der Waals surface area contributed by atoms with Crippen LogP contribution in [0.5, 0.6) is 0 Å². The monoisotopic (exact) mass is 271 g/mol. The minimum absolute atomic E-state index is 0.342. The maximum Gasteiger partial charge on any atom is 0.323 e. The normalized spacial score (nSPS) is 24.4. The molecule has 2 rings (SSSR count). The Labute approximate surface area is 110 Å². The van der Waals surface area contributed by atoms with E-state index in [1.165, 1.54) is 12.1 Å². The van der Waals surface area contributed by atoms with Crippen molar-refractivity contribution in [2.45, 2.75) is 31.8 Å². The summed E-state index contributed by atoms with van der Waals surface area (Å²) in [6, 6.07) is 4.21. The van der Waals surface area contributed by atoms with Gasteiger partial charge in [-0.15, -0.1) is 0 Å². The number of carboxylic acids is 1. The maximum atomic E-state index is 12.9. The Kier molecular flexibility index (Phi) is 3.59. The van der Waals surface area contributed by atoms with Gasteiger partial charge in [-0.2, -0.15) is 0 Å². The van der Waals surface area contributed by atoms with Gasteiger partial charge in [0.25, 0.3) is 0 Å². The Hall–Kier alpha value is -1.13. The molecule has 1 unspecified atom stereocenters. The first kappa shape index (κ1) is 13.3. The van der Waals surface area contributed by atoms with E-state index < -0.39 is 11.5 Å². The molecule has 5 heteroatoms. The topological polar surface area (TPSA) is 40.5 Å². The van der Waals surface area contributed by atoms with E-state index in [9.17, 15) is 14.3 Å². The SMILES string of the molecule is CC1(C(=O)O)CCCN1Cc1ccc(F)cc1Cl. The molecule has 1 fully saturated rings. The summed E-state index contributed by atoms with van der Waals surface area (Å²) in [6.45, 7) is 2.87. The molecule has 0 aliphatic carbocycles. The highest BCUT2D eigenvalue weighted by Gasteiger charge is 2.43. The molecule has 1 atom stereocenters. The van der Waals surface area contributed by atoms with Crippen LogP contribution in [0.2, 0.25) is 5.02 Å². The van der Waals surface area contributed by atoms with Gasteiger partial charge in [0, 0.05) is 11.6 Å². The smallest absolute Gasteiger partial charge is 0.323 e. The van der Waals surface area contributed by atoms with Crippen LogP contribution in [0.1, 0.15) is 25.3 Å². The third kappa shape index (κ3) is 2.35. The Morgan fingerprint density at radius 1 is 1.61 bits per heavy atom. The number of rotatable bonds is 3. The lowest BCUT2D eigenvalue weighted by molar-refractivity contribution is -0.148. The zero-order valence-corrected chi connectivity index (χ0v) is 10.9. The summed E-state index contributed by atoms with van der Waals surface area (Å²) in [4.78, 5) is 13.2. The molecule has 1 saturated heterocycles. The number of carboxylic acid groups (broad SMARTS) is 1. The summed E-state index contributed by atoms with van der Waals surface area (Å²) >= 11 is 5.97. The molecular formula is C13H15ClFNO2. The van der Waals surface area contributed by atoms with Gasteiger partial charge in [0.1, 0.15) is 11.4 Å². The second-order valence-corrected chi connectivity index (χ2v) is 5.25. The van der Waals surface area contributed by atoms with E-state index in [-0.39, 0.29) is 5.82 Å². The van der Waals surface area contributed by atoms with Gasteiger partial charge in [0.15, 0.2) is 0 Å². The first-order chi connectivity index (χ1) is 8.43. The molecule has 98 valence electrons. The summed E-state index contributed by atoms with van der Waals surface area (Å²) in [7, 11) is 0. The van der Waals surface area contributed by atoms with Crippen LogP contribution in [0.15, 0.2) is 18.2 Å². The zero-order valence-electron chi connectivity index (χ0n) is 10.1. The first-order valence-electron chi connectivity index (χ1n) is 5.86. The summed E-state index contributed by atoms with van der Waals surface area (Å²) in [5.74, 6) is -1.20. The van der Waals surface area contributed by atoms with Crippen molar-refractivity contribution < 1.29 is 14.3 Å². The maximum absolute atomic E-state index is 12.9. The second kappa shape index (κ2) is 4.86. The third-order valence-electron chi connectivity index (χ3n) is 3.63. The van der Waals surface area contributed by atoms with E-state index in [4.69, 9.17) is 11.6 Å². The predicted octanol–water partition coefficient (Wildman–Crippen LogP) is 2.92. The lowest BCUT2D eigenvalue weighted by Gasteiger charge is -2.31. The molecule has 0 aromatic heterocycles. The van der Waals surface area contributed by atoms with E-state index in [1.54, 1.807) is 13.0 Å². The molecule has 1 N–H and O–H groups in total.